The van der Waals surface area contributed by atoms with E-state index in [1.54, 1.807) is 13.1 Å². The number of aryl methyl sites for hydroxylation is 2. The predicted molar refractivity (Wildman–Crippen MR) is 63.9 cm³/mol. The average Bonchev–Trinajstić information content (AvgIpc) is 3.04. The lowest BCUT2D eigenvalue weighted by molar-refractivity contribution is 0.464. The van der Waals surface area contributed by atoms with Gasteiger partial charge in [0.2, 0.25) is 10.0 Å². The Morgan fingerprint density at radius 3 is 2.44 bits per heavy atom. The van der Waals surface area contributed by atoms with Crippen molar-refractivity contribution in [3.05, 3.63) is 29.3 Å². The van der Waals surface area contributed by atoms with Gasteiger partial charge in [0.1, 0.15) is 0 Å². The van der Waals surface area contributed by atoms with Crippen LogP contribution in [0.25, 0.3) is 0 Å². The van der Waals surface area contributed by atoms with Gasteiger partial charge in [-0.25, -0.2) is 8.42 Å². The minimum absolute atomic E-state index is 0.213. The Bertz CT molecular complexity index is 504. The van der Waals surface area contributed by atoms with E-state index in [9.17, 15) is 8.42 Å². The maximum atomic E-state index is 12.3. The van der Waals surface area contributed by atoms with Crippen LogP contribution in [0.1, 0.15) is 24.0 Å². The molecule has 1 aromatic rings. The van der Waals surface area contributed by atoms with Gasteiger partial charge < -0.3 is 0 Å². The normalized spacial score (nSPS) is 16.8. The molecule has 0 radical (unpaired) electrons. The zero-order chi connectivity index (χ0) is 11.9. The highest BCUT2D eigenvalue weighted by Crippen LogP contribution is 2.31. The van der Waals surface area contributed by atoms with Crippen molar-refractivity contribution in [2.45, 2.75) is 37.6 Å². The summed E-state index contributed by atoms with van der Waals surface area (Å²) in [5, 5.41) is 0. The fourth-order valence-corrected chi connectivity index (χ4v) is 3.50. The first kappa shape index (κ1) is 11.6. The van der Waals surface area contributed by atoms with E-state index in [1.165, 1.54) is 4.31 Å². The molecule has 1 aliphatic carbocycles. The Balaban J connectivity index is 2.45. The Labute approximate surface area is 97.1 Å². The van der Waals surface area contributed by atoms with Crippen molar-refractivity contribution in [1.29, 1.82) is 0 Å². The van der Waals surface area contributed by atoms with E-state index in [1.807, 2.05) is 26.0 Å². The van der Waals surface area contributed by atoms with E-state index in [0.29, 0.717) is 4.90 Å². The molecule has 1 aromatic carbocycles. The summed E-state index contributed by atoms with van der Waals surface area (Å²) in [6.45, 7) is 3.75. The highest BCUT2D eigenvalue weighted by molar-refractivity contribution is 7.89. The summed E-state index contributed by atoms with van der Waals surface area (Å²) in [5.74, 6) is 0. The molecule has 1 aliphatic rings. The molecule has 0 N–H and O–H groups in total. The molecule has 0 spiro atoms. The van der Waals surface area contributed by atoms with Crippen molar-refractivity contribution in [3.8, 4) is 0 Å². The summed E-state index contributed by atoms with van der Waals surface area (Å²) in [5.41, 5.74) is 1.80. The first-order valence-electron chi connectivity index (χ1n) is 5.48. The zero-order valence-corrected chi connectivity index (χ0v) is 10.7. The molecule has 0 unspecified atom stereocenters. The molecule has 1 saturated carbocycles. The summed E-state index contributed by atoms with van der Waals surface area (Å²) in [4.78, 5) is 0.446. The standard InChI is InChI=1S/C12H17NO2S/c1-9-4-5-10(2)12(8-9)16(14,15)13(3)11-6-7-11/h4-5,8,11H,6-7H2,1-3H3. The van der Waals surface area contributed by atoms with Crippen LogP contribution in [0.5, 0.6) is 0 Å². The molecule has 2 rings (SSSR count). The van der Waals surface area contributed by atoms with Crippen LogP contribution in [0.15, 0.2) is 23.1 Å². The van der Waals surface area contributed by atoms with Gasteiger partial charge in [-0.1, -0.05) is 12.1 Å². The fourth-order valence-electron chi connectivity index (χ4n) is 1.77. The summed E-state index contributed by atoms with van der Waals surface area (Å²) < 4.78 is 26.1. The van der Waals surface area contributed by atoms with Crippen molar-refractivity contribution in [3.63, 3.8) is 0 Å². The lowest BCUT2D eigenvalue weighted by atomic mass is 10.2. The van der Waals surface area contributed by atoms with Crippen LogP contribution in [0.2, 0.25) is 0 Å². The highest BCUT2D eigenvalue weighted by Gasteiger charge is 2.35. The molecule has 0 saturated heterocycles. The minimum Gasteiger partial charge on any atom is -0.207 e. The van der Waals surface area contributed by atoms with E-state index in [4.69, 9.17) is 0 Å². The Hall–Kier alpha value is -0.870. The molecule has 1 fully saturated rings. The average molecular weight is 239 g/mol. The molecule has 0 amide bonds. The SMILES string of the molecule is Cc1ccc(C)c(S(=O)(=O)N(C)C2CC2)c1. The van der Waals surface area contributed by atoms with Gasteiger partial charge in [-0.05, 0) is 43.9 Å². The van der Waals surface area contributed by atoms with Crippen LogP contribution in [0, 0.1) is 13.8 Å². The second-order valence-electron chi connectivity index (χ2n) is 4.52. The Kier molecular flexibility index (Phi) is 2.80. The molecular weight excluding hydrogens is 222 g/mol. The third-order valence-corrected chi connectivity index (χ3v) is 5.11. The van der Waals surface area contributed by atoms with E-state index >= 15 is 0 Å². The van der Waals surface area contributed by atoms with Crippen LogP contribution < -0.4 is 0 Å². The molecule has 88 valence electrons. The molecule has 0 aliphatic heterocycles. The number of hydrogen-bond acceptors (Lipinski definition) is 2. The summed E-state index contributed by atoms with van der Waals surface area (Å²) in [7, 11) is -1.62. The molecule has 16 heavy (non-hydrogen) atoms. The van der Waals surface area contributed by atoms with Gasteiger partial charge in [0.15, 0.2) is 0 Å². The zero-order valence-electron chi connectivity index (χ0n) is 9.90. The monoisotopic (exact) mass is 239 g/mol. The smallest absolute Gasteiger partial charge is 0.207 e. The first-order chi connectivity index (χ1) is 7.43. The maximum absolute atomic E-state index is 12.3. The van der Waals surface area contributed by atoms with Gasteiger partial charge in [0.05, 0.1) is 4.90 Å². The van der Waals surface area contributed by atoms with Crippen molar-refractivity contribution >= 4 is 10.0 Å². The van der Waals surface area contributed by atoms with Crippen LogP contribution in [-0.4, -0.2) is 25.8 Å². The largest absolute Gasteiger partial charge is 0.243 e. The van der Waals surface area contributed by atoms with Crippen LogP contribution in [0.4, 0.5) is 0 Å². The molecule has 3 nitrogen and oxygen atoms in total. The Morgan fingerprint density at radius 1 is 1.25 bits per heavy atom. The van der Waals surface area contributed by atoms with E-state index < -0.39 is 10.0 Å². The number of nitrogens with zero attached hydrogens (tertiary/aromatic N) is 1. The van der Waals surface area contributed by atoms with Crippen molar-refractivity contribution in [2.24, 2.45) is 0 Å². The van der Waals surface area contributed by atoms with Crippen LogP contribution in [-0.2, 0) is 10.0 Å². The van der Waals surface area contributed by atoms with E-state index in [2.05, 4.69) is 0 Å². The number of sulfonamides is 1. The molecule has 0 aromatic heterocycles. The second kappa shape index (κ2) is 3.86. The van der Waals surface area contributed by atoms with Crippen molar-refractivity contribution in [1.82, 2.24) is 4.31 Å². The quantitative estimate of drug-likeness (QED) is 0.810. The highest BCUT2D eigenvalue weighted by atomic mass is 32.2. The van der Waals surface area contributed by atoms with Gasteiger partial charge >= 0.3 is 0 Å². The summed E-state index contributed by atoms with van der Waals surface area (Å²) in [6.07, 6.45) is 1.97. The first-order valence-corrected chi connectivity index (χ1v) is 6.92. The lowest BCUT2D eigenvalue weighted by Crippen LogP contribution is -2.29. The topological polar surface area (TPSA) is 37.4 Å². The number of hydrogen-bond donors (Lipinski definition) is 0. The minimum atomic E-state index is -3.30. The molecule has 4 heteroatoms. The fraction of sp³-hybridized carbons (Fsp3) is 0.500. The molecule has 0 bridgehead atoms. The van der Waals surface area contributed by atoms with Crippen molar-refractivity contribution in [2.75, 3.05) is 7.05 Å². The third-order valence-electron chi connectivity index (χ3n) is 3.06. The van der Waals surface area contributed by atoms with Gasteiger partial charge in [-0.3, -0.25) is 0 Å². The second-order valence-corrected chi connectivity index (χ2v) is 6.49. The van der Waals surface area contributed by atoms with Gasteiger partial charge in [-0.15, -0.1) is 0 Å². The Morgan fingerprint density at radius 2 is 1.88 bits per heavy atom. The van der Waals surface area contributed by atoms with Crippen LogP contribution in [0.3, 0.4) is 0 Å². The van der Waals surface area contributed by atoms with E-state index in [-0.39, 0.29) is 6.04 Å². The maximum Gasteiger partial charge on any atom is 0.243 e. The molecule has 0 atom stereocenters. The van der Waals surface area contributed by atoms with E-state index in [0.717, 1.165) is 24.0 Å². The number of benzene rings is 1. The summed E-state index contributed by atoms with van der Waals surface area (Å²) >= 11 is 0. The predicted octanol–water partition coefficient (Wildman–Crippen LogP) is 2.09. The van der Waals surface area contributed by atoms with Gasteiger partial charge in [0, 0.05) is 13.1 Å². The number of rotatable bonds is 3. The molecule has 0 heterocycles. The van der Waals surface area contributed by atoms with Gasteiger partial charge in [-0.2, -0.15) is 4.31 Å². The third kappa shape index (κ3) is 1.99. The van der Waals surface area contributed by atoms with Gasteiger partial charge in [0.25, 0.3) is 0 Å². The summed E-state index contributed by atoms with van der Waals surface area (Å²) in [6, 6.07) is 5.77. The van der Waals surface area contributed by atoms with Crippen molar-refractivity contribution < 1.29 is 8.42 Å². The lowest BCUT2D eigenvalue weighted by Gasteiger charge is -2.18. The van der Waals surface area contributed by atoms with Crippen LogP contribution >= 0.6 is 0 Å². The molecular formula is C12H17NO2S.